The van der Waals surface area contributed by atoms with E-state index in [9.17, 15) is 10.0 Å². The molecule has 0 spiro atoms. The fourth-order valence-corrected chi connectivity index (χ4v) is 3.79. The van der Waals surface area contributed by atoms with Crippen LogP contribution in [0.4, 0.5) is 11.6 Å². The molecular weight excluding hydrogens is 420 g/mol. The molecule has 0 unspecified atom stereocenters. The van der Waals surface area contributed by atoms with Crippen LogP contribution in [-0.2, 0) is 7.05 Å². The van der Waals surface area contributed by atoms with Crippen molar-refractivity contribution in [2.75, 3.05) is 43.4 Å². The zero-order valence-corrected chi connectivity index (χ0v) is 18.0. The second-order valence-corrected chi connectivity index (χ2v) is 8.09. The molecule has 1 aromatic carbocycles. The molecule has 1 saturated heterocycles. The molecule has 3 aromatic heterocycles. The summed E-state index contributed by atoms with van der Waals surface area (Å²) < 4.78 is 22.9. The number of carbonyl (C=O) groups excluding carboxylic acids is 1. The smallest absolute Gasteiger partial charge is 0.257 e. The zero-order valence-electron chi connectivity index (χ0n) is 21.0. The van der Waals surface area contributed by atoms with Gasteiger partial charge < -0.3 is 20.1 Å². The molecule has 0 radical (unpaired) electrons. The molecule has 33 heavy (non-hydrogen) atoms. The van der Waals surface area contributed by atoms with Crippen molar-refractivity contribution < 1.29 is 13.6 Å². The molecule has 0 saturated carbocycles. The maximum Gasteiger partial charge on any atom is 0.257 e. The number of piperazine rings is 1. The Balaban J connectivity index is 1.31. The summed E-state index contributed by atoms with van der Waals surface area (Å²) in [6.45, 7) is -2.29. The molecule has 168 valence electrons. The lowest BCUT2D eigenvalue weighted by Gasteiger charge is -2.45. The van der Waals surface area contributed by atoms with E-state index in [1.807, 2.05) is 29.3 Å². The minimum absolute atomic E-state index is 0.0772. The van der Waals surface area contributed by atoms with Gasteiger partial charge in [-0.2, -0.15) is 0 Å². The van der Waals surface area contributed by atoms with Gasteiger partial charge >= 0.3 is 0 Å². The van der Waals surface area contributed by atoms with Gasteiger partial charge in [-0.1, -0.05) is 17.3 Å². The summed E-state index contributed by atoms with van der Waals surface area (Å²) in [5.41, 5.74) is 2.02. The Labute approximate surface area is 194 Å². The average Bonchev–Trinajstić information content (AvgIpc) is 3.30. The van der Waals surface area contributed by atoms with Crippen molar-refractivity contribution in [1.29, 1.82) is 0 Å². The first-order valence-corrected chi connectivity index (χ1v) is 10.5. The predicted octanol–water partition coefficient (Wildman–Crippen LogP) is 2.44. The van der Waals surface area contributed by atoms with Gasteiger partial charge in [0.1, 0.15) is 17.3 Å². The molecule has 4 aromatic rings. The predicted molar refractivity (Wildman–Crippen MR) is 125 cm³/mol. The van der Waals surface area contributed by atoms with E-state index in [4.69, 9.17) is 4.11 Å². The summed E-state index contributed by atoms with van der Waals surface area (Å²) in [5.74, 6) is 0.551. The highest BCUT2D eigenvalue weighted by Gasteiger charge is 2.23. The van der Waals surface area contributed by atoms with Crippen LogP contribution >= 0.6 is 0 Å². The molecule has 1 amide bonds. The second kappa shape index (κ2) is 8.23. The van der Waals surface area contributed by atoms with E-state index in [-0.39, 0.29) is 32.1 Å². The van der Waals surface area contributed by atoms with Gasteiger partial charge in [-0.25, -0.2) is 9.97 Å². The monoisotopic (exact) mass is 447 g/mol. The highest BCUT2D eigenvalue weighted by atomic mass is 16.5. The standard InChI is InChI=1S/C23H24N8O2/c1-29-15-20(27-28-29)16-3-4-18-14-25-21(12-19(18)11-16)26-23(32)17-5-6-24-22(13-17)30-7-9-31(2,33)10-8-30/h3-6,11-15H,7-10H2,1-2H3,(H,25,26,32)/i2D3. The normalized spacial score (nSPS) is 17.3. The van der Waals surface area contributed by atoms with Crippen molar-refractivity contribution in [2.24, 2.45) is 7.05 Å². The van der Waals surface area contributed by atoms with Crippen LogP contribution in [0.3, 0.4) is 0 Å². The maximum absolute atomic E-state index is 13.0. The van der Waals surface area contributed by atoms with Gasteiger partial charge in [0.15, 0.2) is 0 Å². The van der Waals surface area contributed by atoms with Crippen LogP contribution in [0.1, 0.15) is 14.5 Å². The number of nitrogens with zero attached hydrogens (tertiary/aromatic N) is 7. The first kappa shape index (κ1) is 17.6. The Hall–Kier alpha value is -3.89. The second-order valence-electron chi connectivity index (χ2n) is 8.09. The Morgan fingerprint density at radius 1 is 1.15 bits per heavy atom. The van der Waals surface area contributed by atoms with E-state index in [2.05, 4.69) is 25.6 Å². The van der Waals surface area contributed by atoms with Crippen LogP contribution in [0.15, 0.2) is 55.0 Å². The number of carbonyl (C=O) groups is 1. The third-order valence-corrected chi connectivity index (χ3v) is 5.66. The first-order chi connectivity index (χ1) is 17.1. The SMILES string of the molecule is [2H]C([2H])([2H])[N+]1([O-])CCN(c2cc(C(=O)Nc3cc4cc(-c5cn(C)nn5)ccc4cn3)ccn2)CC1. The summed E-state index contributed by atoms with van der Waals surface area (Å²) in [7, 11) is 1.80. The molecule has 1 N–H and O–H groups in total. The van der Waals surface area contributed by atoms with Gasteiger partial charge in [0.2, 0.25) is 0 Å². The van der Waals surface area contributed by atoms with Gasteiger partial charge in [-0.05, 0) is 29.7 Å². The molecule has 1 fully saturated rings. The largest absolute Gasteiger partial charge is 0.633 e. The van der Waals surface area contributed by atoms with Gasteiger partial charge in [0.05, 0.1) is 43.5 Å². The minimum atomic E-state index is -2.61. The van der Waals surface area contributed by atoms with Gasteiger partial charge in [0.25, 0.3) is 5.91 Å². The fourth-order valence-electron chi connectivity index (χ4n) is 3.79. The number of pyridine rings is 2. The number of benzene rings is 1. The number of quaternary nitrogens is 1. The molecule has 10 nitrogen and oxygen atoms in total. The van der Waals surface area contributed by atoms with E-state index in [1.54, 1.807) is 36.1 Å². The van der Waals surface area contributed by atoms with Crippen molar-refractivity contribution in [2.45, 2.75) is 0 Å². The Kier molecular flexibility index (Phi) is 4.40. The Bertz CT molecular complexity index is 1430. The number of amides is 1. The van der Waals surface area contributed by atoms with E-state index >= 15 is 0 Å². The summed E-state index contributed by atoms with van der Waals surface area (Å²) >= 11 is 0. The molecule has 4 heterocycles. The number of nitrogens with one attached hydrogen (secondary N) is 1. The Morgan fingerprint density at radius 3 is 2.76 bits per heavy atom. The highest BCUT2D eigenvalue weighted by Crippen LogP contribution is 2.24. The van der Waals surface area contributed by atoms with Crippen molar-refractivity contribution >= 4 is 28.3 Å². The van der Waals surface area contributed by atoms with Crippen molar-refractivity contribution in [3.63, 3.8) is 0 Å². The molecule has 1 aliphatic rings. The third kappa shape index (κ3) is 4.52. The number of likely N-dealkylation sites (N-methyl/N-ethyl adjacent to an activating group) is 1. The van der Waals surface area contributed by atoms with Crippen LogP contribution in [0.25, 0.3) is 22.0 Å². The molecule has 0 atom stereocenters. The van der Waals surface area contributed by atoms with Crippen LogP contribution in [-0.4, -0.2) is 68.7 Å². The van der Waals surface area contributed by atoms with Gasteiger partial charge in [-0.3, -0.25) is 9.48 Å². The fraction of sp³-hybridized carbons (Fsp3) is 0.261. The topological polar surface area (TPSA) is 112 Å². The number of anilines is 2. The summed E-state index contributed by atoms with van der Waals surface area (Å²) in [6.07, 6.45) is 5.03. The lowest BCUT2D eigenvalue weighted by Crippen LogP contribution is -2.54. The number of aromatic nitrogens is 5. The first-order valence-electron chi connectivity index (χ1n) is 12.0. The number of hydrogen-bond donors (Lipinski definition) is 1. The molecule has 5 rings (SSSR count). The molecule has 0 aliphatic carbocycles. The molecule has 1 aliphatic heterocycles. The van der Waals surface area contributed by atoms with Crippen LogP contribution in [0, 0.1) is 5.21 Å². The minimum Gasteiger partial charge on any atom is -0.633 e. The number of fused-ring (bicyclic) bond motifs is 1. The quantitative estimate of drug-likeness (QED) is 0.378. The highest BCUT2D eigenvalue weighted by molar-refractivity contribution is 6.05. The van der Waals surface area contributed by atoms with Crippen molar-refractivity contribution in [3.05, 3.63) is 65.8 Å². The van der Waals surface area contributed by atoms with Crippen molar-refractivity contribution in [1.82, 2.24) is 25.0 Å². The molecular formula is C23H24N8O2. The van der Waals surface area contributed by atoms with Gasteiger partial charge in [0, 0.05) is 36.0 Å². The number of hydrogen-bond acceptors (Lipinski definition) is 7. The number of rotatable bonds is 4. The average molecular weight is 448 g/mol. The lowest BCUT2D eigenvalue weighted by atomic mass is 10.1. The molecule has 10 heteroatoms. The lowest BCUT2D eigenvalue weighted by molar-refractivity contribution is -0.861. The number of aryl methyl sites for hydroxylation is 1. The Morgan fingerprint density at radius 2 is 2.00 bits per heavy atom. The van der Waals surface area contributed by atoms with E-state index in [1.165, 1.54) is 6.20 Å². The maximum atomic E-state index is 13.0. The van der Waals surface area contributed by atoms with Crippen molar-refractivity contribution in [3.8, 4) is 11.3 Å². The summed E-state index contributed by atoms with van der Waals surface area (Å²) in [6, 6.07) is 10.9. The van der Waals surface area contributed by atoms with Crippen LogP contribution < -0.4 is 10.2 Å². The van der Waals surface area contributed by atoms with E-state index in [0.29, 0.717) is 17.2 Å². The van der Waals surface area contributed by atoms with Crippen LogP contribution in [0.5, 0.6) is 0 Å². The zero-order chi connectivity index (χ0) is 25.5. The third-order valence-electron chi connectivity index (χ3n) is 5.66. The van der Waals surface area contributed by atoms with E-state index < -0.39 is 11.6 Å². The van der Waals surface area contributed by atoms with E-state index in [0.717, 1.165) is 22.0 Å². The summed E-state index contributed by atoms with van der Waals surface area (Å²) in [5, 5.41) is 25.3. The molecule has 0 bridgehead atoms. The van der Waals surface area contributed by atoms with Gasteiger partial charge in [-0.15, -0.1) is 5.10 Å². The van der Waals surface area contributed by atoms with Crippen LogP contribution in [0.2, 0.25) is 0 Å². The number of hydroxylamine groups is 3. The summed E-state index contributed by atoms with van der Waals surface area (Å²) in [4.78, 5) is 23.4.